The van der Waals surface area contributed by atoms with Crippen LogP contribution in [0.5, 0.6) is 0 Å². The van der Waals surface area contributed by atoms with Gasteiger partial charge in [0.15, 0.2) is 17.5 Å². The molecule has 11 aromatic rings. The molecule has 0 bridgehead atoms. The van der Waals surface area contributed by atoms with E-state index in [-0.39, 0.29) is 57.1 Å². The van der Waals surface area contributed by atoms with Crippen molar-refractivity contribution >= 4 is 60.5 Å². The van der Waals surface area contributed by atoms with Crippen LogP contribution in [0.15, 0.2) is 211 Å². The first-order chi connectivity index (χ1) is 31.2. The molecule has 11 rings (SSSR count). The van der Waals surface area contributed by atoms with Crippen LogP contribution in [-0.2, 0) is 0 Å². The molecule has 0 atom stereocenters. The molecule has 0 N–H and O–H groups in total. The van der Waals surface area contributed by atoms with Crippen LogP contribution in [0.2, 0.25) is 0 Å². The first-order valence-electron chi connectivity index (χ1n) is 22.0. The number of nitrogens with zero attached hydrogens (tertiary/aromatic N) is 4. The smallest absolute Gasteiger partial charge is 0.164 e. The topological polar surface area (TPSA) is 55.1 Å². The lowest BCUT2D eigenvalue weighted by Gasteiger charge is -2.27. The molecule has 0 saturated heterocycles. The molecule has 0 aliphatic carbocycles. The number of para-hydroxylation sites is 1. The van der Waals surface area contributed by atoms with Crippen LogP contribution in [0.4, 0.5) is 17.1 Å². The van der Waals surface area contributed by atoms with Gasteiger partial charge >= 0.3 is 0 Å². The molecule has 58 heavy (non-hydrogen) atoms. The summed E-state index contributed by atoms with van der Waals surface area (Å²) >= 11 is 0. The number of hydrogen-bond donors (Lipinski definition) is 0. The van der Waals surface area contributed by atoms with Crippen LogP contribution in [0, 0.1) is 0 Å². The number of hydrogen-bond acceptors (Lipinski definition) is 5. The second-order valence-corrected chi connectivity index (χ2v) is 14.0. The van der Waals surface area contributed by atoms with Crippen LogP contribution < -0.4 is 4.90 Å². The third-order valence-corrected chi connectivity index (χ3v) is 10.4. The Morgan fingerprint density at radius 2 is 0.983 bits per heavy atom. The van der Waals surface area contributed by atoms with Crippen molar-refractivity contribution in [3.05, 3.63) is 206 Å². The normalized spacial score (nSPS) is 12.9. The molecule has 0 radical (unpaired) electrons. The Bertz CT molecular complexity index is 3570. The summed E-state index contributed by atoms with van der Waals surface area (Å²) < 4.78 is 62.2. The van der Waals surface area contributed by atoms with E-state index in [1.807, 2.05) is 144 Å². The van der Waals surface area contributed by atoms with Crippen LogP contribution in [-0.4, -0.2) is 15.0 Å². The summed E-state index contributed by atoms with van der Waals surface area (Å²) in [7, 11) is 0. The maximum Gasteiger partial charge on any atom is 0.164 e. The summed E-state index contributed by atoms with van der Waals surface area (Å²) in [6.07, 6.45) is 0. The molecule has 2 heterocycles. The first-order valence-corrected chi connectivity index (χ1v) is 19.0. The zero-order chi connectivity index (χ0) is 43.6. The number of fused-ring (bicyclic) bond motifs is 6. The van der Waals surface area contributed by atoms with Gasteiger partial charge in [-0.2, -0.15) is 0 Å². The average Bonchev–Trinajstić information content (AvgIpc) is 3.75. The van der Waals surface area contributed by atoms with Crippen molar-refractivity contribution in [3.63, 3.8) is 0 Å². The molecule has 0 saturated carbocycles. The van der Waals surface area contributed by atoms with E-state index in [0.717, 1.165) is 32.7 Å². The highest BCUT2D eigenvalue weighted by molar-refractivity contribution is 6.14. The summed E-state index contributed by atoms with van der Waals surface area (Å²) in [4.78, 5) is 16.8. The van der Waals surface area contributed by atoms with Gasteiger partial charge in [-0.3, -0.25) is 0 Å². The predicted octanol–water partition coefficient (Wildman–Crippen LogP) is 14.2. The standard InChI is InChI=1S/C53H34N4O/c1-4-14-35(15-5-1)36-26-28-41(29-27-36)57(42-30-31-45-40(32-42)25-24-37-16-10-11-21-44(37)45)43-33-47(50-46-22-12-13-23-48(46)58-49(50)34-43)53-55-51(38-17-6-2-7-18-38)54-52(56-53)39-19-8-3-9-20-39/h1-34H/i12D,13D,22D,23D,33D,34D. The Morgan fingerprint density at radius 3 is 1.71 bits per heavy atom. The molecule has 9 aromatic carbocycles. The highest BCUT2D eigenvalue weighted by Crippen LogP contribution is 2.44. The number of anilines is 3. The van der Waals surface area contributed by atoms with Crippen LogP contribution in [0.3, 0.4) is 0 Å². The van der Waals surface area contributed by atoms with Crippen molar-refractivity contribution in [1.82, 2.24) is 15.0 Å². The number of aromatic nitrogens is 3. The van der Waals surface area contributed by atoms with Crippen molar-refractivity contribution in [2.75, 3.05) is 4.90 Å². The molecular formula is C53H34N4O. The second kappa shape index (κ2) is 14.0. The van der Waals surface area contributed by atoms with E-state index in [1.165, 1.54) is 0 Å². The van der Waals surface area contributed by atoms with Crippen molar-refractivity contribution in [3.8, 4) is 45.3 Å². The molecule has 272 valence electrons. The SMILES string of the molecule is [2H]c1c([2H])c([2H])c2c(oc3c([2H])c(N(c4ccc(-c5ccccc5)cc4)c4ccc5c(ccc6ccccc65)c4)c([2H])c(-c4nc(-c5ccccc5)nc(-c5ccccc5)n4)c32)c1[2H]. The largest absolute Gasteiger partial charge is 0.456 e. The zero-order valence-corrected chi connectivity index (χ0v) is 30.9. The van der Waals surface area contributed by atoms with Gasteiger partial charge in [-0.15, -0.1) is 0 Å². The fourth-order valence-electron chi connectivity index (χ4n) is 7.65. The fourth-order valence-corrected chi connectivity index (χ4v) is 7.65. The van der Waals surface area contributed by atoms with Gasteiger partial charge in [-0.1, -0.05) is 164 Å². The maximum absolute atomic E-state index is 10.4. The van der Waals surface area contributed by atoms with Gasteiger partial charge in [0.2, 0.25) is 0 Å². The van der Waals surface area contributed by atoms with Gasteiger partial charge in [0, 0.05) is 44.9 Å². The molecule has 5 nitrogen and oxygen atoms in total. The summed E-state index contributed by atoms with van der Waals surface area (Å²) in [5.41, 5.74) is 4.81. The lowest BCUT2D eigenvalue weighted by Crippen LogP contribution is -2.10. The monoisotopic (exact) mass is 748 g/mol. The Morgan fingerprint density at radius 1 is 0.414 bits per heavy atom. The van der Waals surface area contributed by atoms with Crippen LogP contribution in [0.1, 0.15) is 8.22 Å². The van der Waals surface area contributed by atoms with Gasteiger partial charge in [0.1, 0.15) is 11.2 Å². The van der Waals surface area contributed by atoms with Crippen molar-refractivity contribution in [1.29, 1.82) is 0 Å². The predicted molar refractivity (Wildman–Crippen MR) is 239 cm³/mol. The van der Waals surface area contributed by atoms with Crippen LogP contribution >= 0.6 is 0 Å². The number of benzene rings is 9. The van der Waals surface area contributed by atoms with Crippen molar-refractivity contribution in [2.24, 2.45) is 0 Å². The quantitative estimate of drug-likeness (QED) is 0.152. The summed E-state index contributed by atoms with van der Waals surface area (Å²) in [5, 5.41) is 4.36. The lowest BCUT2D eigenvalue weighted by atomic mass is 10.00. The second-order valence-electron chi connectivity index (χ2n) is 14.0. The molecule has 0 aliphatic rings. The molecule has 0 spiro atoms. The molecule has 0 unspecified atom stereocenters. The minimum absolute atomic E-state index is 0.0313. The van der Waals surface area contributed by atoms with Crippen molar-refractivity contribution in [2.45, 2.75) is 0 Å². The minimum atomic E-state index is -0.474. The number of rotatable bonds is 7. The minimum Gasteiger partial charge on any atom is -0.456 e. The van der Waals surface area contributed by atoms with Gasteiger partial charge < -0.3 is 9.32 Å². The third kappa shape index (κ3) is 5.94. The lowest BCUT2D eigenvalue weighted by molar-refractivity contribution is 0.669. The third-order valence-electron chi connectivity index (χ3n) is 10.4. The van der Waals surface area contributed by atoms with E-state index < -0.39 is 18.1 Å². The number of furan rings is 1. The molecule has 0 fully saturated rings. The van der Waals surface area contributed by atoms with Gasteiger partial charge in [0.05, 0.1) is 13.9 Å². The van der Waals surface area contributed by atoms with Crippen molar-refractivity contribution < 1.29 is 12.6 Å². The van der Waals surface area contributed by atoms with Crippen LogP contribution in [0.25, 0.3) is 88.8 Å². The Labute approximate surface area is 343 Å². The van der Waals surface area contributed by atoms with Gasteiger partial charge in [-0.25, -0.2) is 15.0 Å². The van der Waals surface area contributed by atoms with Gasteiger partial charge in [0.25, 0.3) is 0 Å². The summed E-state index contributed by atoms with van der Waals surface area (Å²) in [6, 6.07) is 53.2. The zero-order valence-electron chi connectivity index (χ0n) is 36.9. The van der Waals surface area contributed by atoms with E-state index >= 15 is 0 Å². The molecule has 2 aromatic heterocycles. The van der Waals surface area contributed by atoms with E-state index in [4.69, 9.17) is 23.5 Å². The molecule has 5 heteroatoms. The fraction of sp³-hybridized carbons (Fsp3) is 0. The molecule has 0 amide bonds. The molecular weight excluding hydrogens is 709 g/mol. The van der Waals surface area contributed by atoms with Gasteiger partial charge in [-0.05, 0) is 69.0 Å². The van der Waals surface area contributed by atoms with E-state index in [1.54, 1.807) is 0 Å². The van der Waals surface area contributed by atoms with E-state index in [9.17, 15) is 4.11 Å². The van der Waals surface area contributed by atoms with E-state index in [2.05, 4.69) is 30.3 Å². The summed E-state index contributed by atoms with van der Waals surface area (Å²) in [6.45, 7) is 0. The Kier molecular flexibility index (Phi) is 6.67. The molecule has 0 aliphatic heterocycles. The van der Waals surface area contributed by atoms with E-state index in [0.29, 0.717) is 34.2 Å². The maximum atomic E-state index is 10.4. The average molecular weight is 749 g/mol. The highest BCUT2D eigenvalue weighted by Gasteiger charge is 2.23. The highest BCUT2D eigenvalue weighted by atomic mass is 16.3. The Hall–Kier alpha value is -7.89. The Balaban J connectivity index is 1.26. The summed E-state index contributed by atoms with van der Waals surface area (Å²) in [5.74, 6) is 0.736. The first kappa shape index (κ1) is 27.7.